The van der Waals surface area contributed by atoms with Gasteiger partial charge in [0.15, 0.2) is 0 Å². The van der Waals surface area contributed by atoms with Gasteiger partial charge >= 0.3 is 5.97 Å². The van der Waals surface area contributed by atoms with Gasteiger partial charge in [-0.05, 0) is 42.7 Å². The zero-order valence-corrected chi connectivity index (χ0v) is 13.6. The van der Waals surface area contributed by atoms with Gasteiger partial charge in [0, 0.05) is 12.0 Å². The lowest BCUT2D eigenvalue weighted by Crippen LogP contribution is -2.43. The molecule has 0 heterocycles. The molecule has 4 nitrogen and oxygen atoms in total. The van der Waals surface area contributed by atoms with E-state index >= 15 is 0 Å². The Morgan fingerprint density at radius 1 is 1.04 bits per heavy atom. The van der Waals surface area contributed by atoms with E-state index in [2.05, 4.69) is 5.32 Å². The molecule has 0 aliphatic carbocycles. The van der Waals surface area contributed by atoms with Crippen LogP contribution >= 0.6 is 0 Å². The normalized spacial score (nSPS) is 11.6. The zero-order chi connectivity index (χ0) is 16.8. The van der Waals surface area contributed by atoms with Crippen molar-refractivity contribution < 1.29 is 14.3 Å². The Kier molecular flexibility index (Phi) is 5.52. The van der Waals surface area contributed by atoms with Crippen LogP contribution in [0.5, 0.6) is 0 Å². The molecule has 0 aliphatic heterocycles. The molecule has 4 heteroatoms. The summed E-state index contributed by atoms with van der Waals surface area (Å²) < 4.78 is 4.82. The number of nitrogens with one attached hydrogen (secondary N) is 1. The van der Waals surface area contributed by atoms with Gasteiger partial charge in [0.25, 0.3) is 5.91 Å². The van der Waals surface area contributed by atoms with Crippen molar-refractivity contribution in [1.82, 2.24) is 5.32 Å². The summed E-state index contributed by atoms with van der Waals surface area (Å²) in [6.45, 7) is 4.06. The monoisotopic (exact) mass is 311 g/mol. The smallest absolute Gasteiger partial charge is 0.328 e. The van der Waals surface area contributed by atoms with Crippen molar-refractivity contribution >= 4 is 11.9 Å². The maximum atomic E-state index is 12.3. The summed E-state index contributed by atoms with van der Waals surface area (Å²) in [7, 11) is 1.32. The summed E-state index contributed by atoms with van der Waals surface area (Å²) in [5.74, 6) is -0.739. The van der Waals surface area contributed by atoms with E-state index in [0.717, 1.165) is 11.1 Å². The van der Waals surface area contributed by atoms with E-state index in [-0.39, 0.29) is 5.91 Å². The quantitative estimate of drug-likeness (QED) is 0.864. The van der Waals surface area contributed by atoms with Crippen LogP contribution < -0.4 is 5.32 Å². The first-order valence-electron chi connectivity index (χ1n) is 7.51. The molecule has 1 atom stereocenters. The molecule has 2 aromatic rings. The highest BCUT2D eigenvalue weighted by Gasteiger charge is 2.22. The van der Waals surface area contributed by atoms with Gasteiger partial charge in [0.2, 0.25) is 0 Å². The Morgan fingerprint density at radius 2 is 1.74 bits per heavy atom. The number of ether oxygens (including phenoxy) is 1. The molecule has 2 rings (SSSR count). The number of carbonyl (C=O) groups excluding carboxylic acids is 2. The van der Waals surface area contributed by atoms with Gasteiger partial charge in [-0.25, -0.2) is 4.79 Å². The predicted molar refractivity (Wildman–Crippen MR) is 89.3 cm³/mol. The molecule has 0 radical (unpaired) electrons. The molecular formula is C19H21NO3. The molecule has 0 fully saturated rings. The fourth-order valence-electron chi connectivity index (χ4n) is 2.33. The second kappa shape index (κ2) is 7.58. The Hall–Kier alpha value is -2.62. The number of amides is 1. The molecule has 1 amide bonds. The molecule has 0 saturated carbocycles. The number of esters is 1. The van der Waals surface area contributed by atoms with Gasteiger partial charge in [0.05, 0.1) is 7.11 Å². The fraction of sp³-hybridized carbons (Fsp3) is 0.263. The van der Waals surface area contributed by atoms with Gasteiger partial charge in [-0.3, -0.25) is 4.79 Å². The minimum absolute atomic E-state index is 0.287. The number of hydrogen-bond acceptors (Lipinski definition) is 3. The highest BCUT2D eigenvalue weighted by molar-refractivity contribution is 5.96. The second-order valence-electron chi connectivity index (χ2n) is 5.54. The van der Waals surface area contributed by atoms with E-state index in [0.29, 0.717) is 12.0 Å². The van der Waals surface area contributed by atoms with Crippen LogP contribution in [0, 0.1) is 13.8 Å². The van der Waals surface area contributed by atoms with E-state index in [1.807, 2.05) is 38.1 Å². The first kappa shape index (κ1) is 16.7. The van der Waals surface area contributed by atoms with Crippen LogP contribution in [0.1, 0.15) is 27.0 Å². The van der Waals surface area contributed by atoms with E-state index < -0.39 is 12.0 Å². The molecule has 23 heavy (non-hydrogen) atoms. The van der Waals surface area contributed by atoms with Crippen LogP contribution in [0.4, 0.5) is 0 Å². The van der Waals surface area contributed by atoms with Gasteiger partial charge in [0.1, 0.15) is 6.04 Å². The van der Waals surface area contributed by atoms with E-state index in [1.54, 1.807) is 24.3 Å². The molecular weight excluding hydrogens is 290 g/mol. The fourth-order valence-corrected chi connectivity index (χ4v) is 2.33. The molecule has 120 valence electrons. The molecule has 0 bridgehead atoms. The van der Waals surface area contributed by atoms with Crippen LogP contribution in [0.3, 0.4) is 0 Å². The van der Waals surface area contributed by atoms with Gasteiger partial charge in [-0.1, -0.05) is 36.4 Å². The number of benzene rings is 2. The highest BCUT2D eigenvalue weighted by Crippen LogP contribution is 2.12. The average Bonchev–Trinajstić information content (AvgIpc) is 2.57. The summed E-state index contributed by atoms with van der Waals surface area (Å²) in [5, 5.41) is 2.75. The third-order valence-electron chi connectivity index (χ3n) is 3.84. The van der Waals surface area contributed by atoms with Crippen molar-refractivity contribution in [3.63, 3.8) is 0 Å². The van der Waals surface area contributed by atoms with Crippen LogP contribution in [-0.4, -0.2) is 25.0 Å². The predicted octanol–water partition coefficient (Wildman–Crippen LogP) is 2.82. The van der Waals surface area contributed by atoms with Crippen molar-refractivity contribution in [1.29, 1.82) is 0 Å². The van der Waals surface area contributed by atoms with Crippen molar-refractivity contribution in [2.24, 2.45) is 0 Å². The standard InChI is InChI=1S/C19H21NO3/c1-13-9-10-15(11-14(13)2)12-17(19(22)23-3)20-18(21)16-7-5-4-6-8-16/h4-11,17H,12H2,1-3H3,(H,20,21)/t17-/m0/s1. The van der Waals surface area contributed by atoms with E-state index in [4.69, 9.17) is 4.74 Å². The minimum Gasteiger partial charge on any atom is -0.467 e. The lowest BCUT2D eigenvalue weighted by Gasteiger charge is -2.17. The number of rotatable bonds is 5. The van der Waals surface area contributed by atoms with Crippen LogP contribution in [-0.2, 0) is 16.0 Å². The largest absolute Gasteiger partial charge is 0.467 e. The number of methoxy groups -OCH3 is 1. The van der Waals surface area contributed by atoms with Crippen molar-refractivity contribution in [2.75, 3.05) is 7.11 Å². The van der Waals surface area contributed by atoms with Crippen molar-refractivity contribution in [2.45, 2.75) is 26.3 Å². The molecule has 1 N–H and O–H groups in total. The van der Waals surface area contributed by atoms with E-state index in [1.165, 1.54) is 12.7 Å². The molecule has 0 unspecified atom stereocenters. The summed E-state index contributed by atoms with van der Waals surface area (Å²) in [4.78, 5) is 24.3. The van der Waals surface area contributed by atoms with Gasteiger partial charge in [-0.15, -0.1) is 0 Å². The summed E-state index contributed by atoms with van der Waals surface area (Å²) in [6, 6.07) is 14.1. The number of carbonyl (C=O) groups is 2. The van der Waals surface area contributed by atoms with Gasteiger partial charge in [-0.2, -0.15) is 0 Å². The lowest BCUT2D eigenvalue weighted by molar-refractivity contribution is -0.142. The Labute approximate surface area is 136 Å². The first-order valence-corrected chi connectivity index (χ1v) is 7.51. The van der Waals surface area contributed by atoms with E-state index in [9.17, 15) is 9.59 Å². The van der Waals surface area contributed by atoms with Crippen LogP contribution in [0.2, 0.25) is 0 Å². The maximum Gasteiger partial charge on any atom is 0.328 e. The molecule has 0 aliphatic rings. The Bertz CT molecular complexity index is 695. The topological polar surface area (TPSA) is 55.4 Å². The number of hydrogen-bond donors (Lipinski definition) is 1. The third-order valence-corrected chi connectivity index (χ3v) is 3.84. The molecule has 0 saturated heterocycles. The summed E-state index contributed by atoms with van der Waals surface area (Å²) >= 11 is 0. The van der Waals surface area contributed by atoms with Crippen molar-refractivity contribution in [3.05, 3.63) is 70.8 Å². The molecule has 2 aromatic carbocycles. The Morgan fingerprint density at radius 3 is 2.35 bits per heavy atom. The lowest BCUT2D eigenvalue weighted by atomic mass is 10.0. The van der Waals surface area contributed by atoms with Crippen molar-refractivity contribution in [3.8, 4) is 0 Å². The molecule has 0 spiro atoms. The maximum absolute atomic E-state index is 12.3. The number of aryl methyl sites for hydroxylation is 2. The third kappa shape index (κ3) is 4.42. The molecule has 0 aromatic heterocycles. The average molecular weight is 311 g/mol. The summed E-state index contributed by atoms with van der Waals surface area (Å²) in [6.07, 6.45) is 0.395. The second-order valence-corrected chi connectivity index (χ2v) is 5.54. The summed E-state index contributed by atoms with van der Waals surface area (Å²) in [5.41, 5.74) is 3.84. The van der Waals surface area contributed by atoms with Gasteiger partial charge < -0.3 is 10.1 Å². The Balaban J connectivity index is 2.15. The minimum atomic E-state index is -0.713. The highest BCUT2D eigenvalue weighted by atomic mass is 16.5. The van der Waals surface area contributed by atoms with Crippen LogP contribution in [0.15, 0.2) is 48.5 Å². The zero-order valence-electron chi connectivity index (χ0n) is 13.6. The first-order chi connectivity index (χ1) is 11.0. The van der Waals surface area contributed by atoms with Crippen LogP contribution in [0.25, 0.3) is 0 Å². The SMILES string of the molecule is COC(=O)[C@H](Cc1ccc(C)c(C)c1)NC(=O)c1ccccc1.